The van der Waals surface area contributed by atoms with Crippen molar-refractivity contribution >= 4 is 5.69 Å². The van der Waals surface area contributed by atoms with E-state index >= 15 is 0 Å². The molecule has 0 unspecified atom stereocenters. The summed E-state index contributed by atoms with van der Waals surface area (Å²) in [4.78, 5) is 2.69. The lowest BCUT2D eigenvalue weighted by molar-refractivity contribution is 0.337. The number of fused-ring (bicyclic) bond motifs is 1. The molecule has 19 heavy (non-hydrogen) atoms. The zero-order chi connectivity index (χ0) is 12.7. The van der Waals surface area contributed by atoms with Crippen molar-refractivity contribution in [3.05, 3.63) is 29.8 Å². The number of hydrogen-bond acceptors (Lipinski definition) is 2. The highest BCUT2D eigenvalue weighted by atomic mass is 15.2. The highest BCUT2D eigenvalue weighted by Crippen LogP contribution is 2.38. The molecule has 0 saturated heterocycles. The van der Waals surface area contributed by atoms with Crippen molar-refractivity contribution in [1.29, 1.82) is 0 Å². The third-order valence-corrected chi connectivity index (χ3v) is 5.22. The molecule has 0 aromatic heterocycles. The molecular formula is C17H24N2. The van der Waals surface area contributed by atoms with Crippen LogP contribution in [0.2, 0.25) is 0 Å². The van der Waals surface area contributed by atoms with E-state index in [1.54, 1.807) is 0 Å². The summed E-state index contributed by atoms with van der Waals surface area (Å²) in [5.74, 6) is 0.963. The van der Waals surface area contributed by atoms with E-state index < -0.39 is 0 Å². The average molecular weight is 256 g/mol. The van der Waals surface area contributed by atoms with Crippen LogP contribution in [0.15, 0.2) is 24.3 Å². The van der Waals surface area contributed by atoms with Gasteiger partial charge in [0.2, 0.25) is 0 Å². The monoisotopic (exact) mass is 256 g/mol. The summed E-state index contributed by atoms with van der Waals surface area (Å²) >= 11 is 0. The maximum Gasteiger partial charge on any atom is 0.0412 e. The summed E-state index contributed by atoms with van der Waals surface area (Å²) < 4.78 is 0. The number of para-hydroxylation sites is 1. The number of nitrogens with one attached hydrogen (secondary N) is 1. The van der Waals surface area contributed by atoms with E-state index in [1.165, 1.54) is 62.9 Å². The lowest BCUT2D eigenvalue weighted by atomic mass is 9.97. The first-order chi connectivity index (χ1) is 9.35. The van der Waals surface area contributed by atoms with Gasteiger partial charge in [0.15, 0.2) is 0 Å². The molecule has 0 radical (unpaired) electrons. The van der Waals surface area contributed by atoms with E-state index in [9.17, 15) is 0 Å². The normalized spacial score (nSPS) is 25.4. The minimum Gasteiger partial charge on any atom is -0.369 e. The van der Waals surface area contributed by atoms with Crippen molar-refractivity contribution < 1.29 is 0 Å². The molecular weight excluding hydrogens is 232 g/mol. The van der Waals surface area contributed by atoms with Crippen molar-refractivity contribution in [2.24, 2.45) is 5.92 Å². The molecule has 1 aromatic carbocycles. The average Bonchev–Trinajstić information content (AvgIpc) is 3.16. The van der Waals surface area contributed by atoms with Crippen LogP contribution < -0.4 is 10.2 Å². The second-order valence-electron chi connectivity index (χ2n) is 6.79. The van der Waals surface area contributed by atoms with Gasteiger partial charge in [0.1, 0.15) is 0 Å². The molecule has 1 spiro atoms. The Bertz CT molecular complexity index is 458. The molecule has 4 rings (SSSR count). The molecule has 0 amide bonds. The van der Waals surface area contributed by atoms with Gasteiger partial charge >= 0.3 is 0 Å². The Kier molecular flexibility index (Phi) is 2.80. The van der Waals surface area contributed by atoms with Crippen LogP contribution in [0.4, 0.5) is 5.69 Å². The number of rotatable bonds is 2. The second-order valence-corrected chi connectivity index (χ2v) is 6.79. The van der Waals surface area contributed by atoms with Gasteiger partial charge in [-0.2, -0.15) is 0 Å². The highest BCUT2D eigenvalue weighted by Gasteiger charge is 2.38. The minimum absolute atomic E-state index is 0.397. The first kappa shape index (κ1) is 11.8. The van der Waals surface area contributed by atoms with E-state index in [0.717, 1.165) is 12.5 Å². The molecule has 1 heterocycles. The van der Waals surface area contributed by atoms with E-state index in [2.05, 4.69) is 34.5 Å². The lowest BCUT2D eigenvalue weighted by Gasteiger charge is -2.35. The molecule has 0 bridgehead atoms. The standard InChI is InChI=1S/C17H24N2/c1-2-6-16-15(5-1)11-18-17(9-3-4-10-17)13-19(16)12-14-7-8-14/h1-2,5-6,14,18H,3-4,7-13H2. The first-order valence-corrected chi connectivity index (χ1v) is 7.93. The molecule has 1 aliphatic heterocycles. The molecule has 2 saturated carbocycles. The Hall–Kier alpha value is -1.02. The molecule has 102 valence electrons. The van der Waals surface area contributed by atoms with Crippen LogP contribution in [0.1, 0.15) is 44.1 Å². The fourth-order valence-electron chi connectivity index (χ4n) is 3.92. The highest BCUT2D eigenvalue weighted by molar-refractivity contribution is 5.55. The van der Waals surface area contributed by atoms with Crippen LogP contribution in [0.25, 0.3) is 0 Å². The van der Waals surface area contributed by atoms with Gasteiger partial charge in [0.25, 0.3) is 0 Å². The first-order valence-electron chi connectivity index (χ1n) is 7.93. The van der Waals surface area contributed by atoms with Crippen molar-refractivity contribution in [2.75, 3.05) is 18.0 Å². The largest absolute Gasteiger partial charge is 0.369 e. The molecule has 1 aromatic rings. The number of nitrogens with zero attached hydrogens (tertiary/aromatic N) is 1. The van der Waals surface area contributed by atoms with Gasteiger partial charge in [-0.25, -0.2) is 0 Å². The van der Waals surface area contributed by atoms with Gasteiger partial charge in [-0.1, -0.05) is 31.0 Å². The van der Waals surface area contributed by atoms with Gasteiger partial charge in [0.05, 0.1) is 0 Å². The van der Waals surface area contributed by atoms with E-state index in [-0.39, 0.29) is 0 Å². The fourth-order valence-corrected chi connectivity index (χ4v) is 3.92. The van der Waals surface area contributed by atoms with Crippen LogP contribution in [0.5, 0.6) is 0 Å². The molecule has 0 atom stereocenters. The van der Waals surface area contributed by atoms with Gasteiger partial charge in [-0.05, 0) is 43.2 Å². The Morgan fingerprint density at radius 2 is 1.95 bits per heavy atom. The predicted molar refractivity (Wildman–Crippen MR) is 79.4 cm³/mol. The summed E-state index contributed by atoms with van der Waals surface area (Å²) in [5.41, 5.74) is 3.38. The van der Waals surface area contributed by atoms with E-state index in [1.807, 2.05) is 0 Å². The fraction of sp³-hybridized carbons (Fsp3) is 0.647. The van der Waals surface area contributed by atoms with Crippen molar-refractivity contribution in [2.45, 2.75) is 50.6 Å². The summed E-state index contributed by atoms with van der Waals surface area (Å²) in [6.07, 6.45) is 8.42. The summed E-state index contributed by atoms with van der Waals surface area (Å²) in [6.45, 7) is 3.55. The van der Waals surface area contributed by atoms with Crippen LogP contribution in [-0.4, -0.2) is 18.6 Å². The smallest absolute Gasteiger partial charge is 0.0412 e. The molecule has 1 N–H and O–H groups in total. The Morgan fingerprint density at radius 3 is 2.74 bits per heavy atom. The molecule has 3 aliphatic rings. The van der Waals surface area contributed by atoms with Crippen LogP contribution in [0, 0.1) is 5.92 Å². The van der Waals surface area contributed by atoms with Crippen LogP contribution in [0.3, 0.4) is 0 Å². The number of anilines is 1. The second kappa shape index (κ2) is 4.52. The van der Waals surface area contributed by atoms with Gasteiger partial charge in [0, 0.05) is 30.9 Å². The minimum atomic E-state index is 0.397. The van der Waals surface area contributed by atoms with Gasteiger partial charge < -0.3 is 10.2 Å². The molecule has 2 nitrogen and oxygen atoms in total. The molecule has 2 fully saturated rings. The van der Waals surface area contributed by atoms with Crippen LogP contribution >= 0.6 is 0 Å². The lowest BCUT2D eigenvalue weighted by Crippen LogP contribution is -2.50. The Labute approximate surface area is 116 Å². The number of benzene rings is 1. The molecule has 2 heteroatoms. The zero-order valence-corrected chi connectivity index (χ0v) is 11.7. The molecule has 2 aliphatic carbocycles. The Balaban J connectivity index is 1.66. The maximum absolute atomic E-state index is 3.90. The van der Waals surface area contributed by atoms with E-state index in [0.29, 0.717) is 5.54 Å². The quantitative estimate of drug-likeness (QED) is 0.873. The Morgan fingerprint density at radius 1 is 1.16 bits per heavy atom. The summed E-state index contributed by atoms with van der Waals surface area (Å²) in [7, 11) is 0. The third kappa shape index (κ3) is 2.27. The SMILES string of the molecule is c1ccc2c(c1)CNC1(CCCC1)CN2CC1CC1. The number of hydrogen-bond donors (Lipinski definition) is 1. The van der Waals surface area contributed by atoms with E-state index in [4.69, 9.17) is 0 Å². The maximum atomic E-state index is 3.90. The predicted octanol–water partition coefficient (Wildman–Crippen LogP) is 3.32. The van der Waals surface area contributed by atoms with Gasteiger partial charge in [-0.15, -0.1) is 0 Å². The van der Waals surface area contributed by atoms with Crippen molar-refractivity contribution in [3.8, 4) is 0 Å². The zero-order valence-electron chi connectivity index (χ0n) is 11.7. The van der Waals surface area contributed by atoms with Crippen molar-refractivity contribution in [1.82, 2.24) is 5.32 Å². The van der Waals surface area contributed by atoms with Gasteiger partial charge in [-0.3, -0.25) is 0 Å². The third-order valence-electron chi connectivity index (χ3n) is 5.22. The topological polar surface area (TPSA) is 15.3 Å². The summed E-state index contributed by atoms with van der Waals surface area (Å²) in [5, 5.41) is 3.90. The summed E-state index contributed by atoms with van der Waals surface area (Å²) in [6, 6.07) is 9.01. The van der Waals surface area contributed by atoms with Crippen LogP contribution in [-0.2, 0) is 6.54 Å². The van der Waals surface area contributed by atoms with Crippen molar-refractivity contribution in [3.63, 3.8) is 0 Å².